The van der Waals surface area contributed by atoms with Crippen molar-refractivity contribution in [2.45, 2.75) is 57.1 Å². The third kappa shape index (κ3) is 3.16. The zero-order valence-corrected chi connectivity index (χ0v) is 13.5. The first-order chi connectivity index (χ1) is 10.1. The van der Waals surface area contributed by atoms with Crippen LogP contribution in [0.15, 0.2) is 6.20 Å². The summed E-state index contributed by atoms with van der Waals surface area (Å²) in [7, 11) is -3.08. The number of aryl methyl sites for hydroxylation is 1. The third-order valence-electron chi connectivity index (χ3n) is 4.99. The summed E-state index contributed by atoms with van der Waals surface area (Å²) in [5.74, 6) is 0.411. The van der Waals surface area contributed by atoms with Gasteiger partial charge in [-0.3, -0.25) is 5.10 Å². The average Bonchev–Trinajstić information content (AvgIpc) is 3.12. The fourth-order valence-corrected chi connectivity index (χ4v) is 5.84. The predicted octanol–water partition coefficient (Wildman–Crippen LogP) is 2.25. The minimum absolute atomic E-state index is 0.120. The van der Waals surface area contributed by atoms with Gasteiger partial charge in [-0.2, -0.15) is 5.10 Å². The first-order valence-corrected chi connectivity index (χ1v) is 9.55. The fourth-order valence-electron chi connectivity index (χ4n) is 3.69. The molecule has 0 bridgehead atoms. The number of nitrogens with zero attached hydrogens (tertiary/aromatic N) is 2. The number of aromatic nitrogens is 2. The highest BCUT2D eigenvalue weighted by Gasteiger charge is 2.36. The van der Waals surface area contributed by atoms with Crippen molar-refractivity contribution in [1.82, 2.24) is 14.5 Å². The molecular weight excluding hydrogens is 286 g/mol. The van der Waals surface area contributed by atoms with Crippen LogP contribution in [0.25, 0.3) is 0 Å². The second-order valence-electron chi connectivity index (χ2n) is 6.55. The van der Waals surface area contributed by atoms with Gasteiger partial charge in [-0.25, -0.2) is 12.7 Å². The molecule has 1 aliphatic carbocycles. The Morgan fingerprint density at radius 2 is 2.05 bits per heavy atom. The Kier molecular flexibility index (Phi) is 4.36. The van der Waals surface area contributed by atoms with Gasteiger partial charge in [0.2, 0.25) is 10.0 Å². The Hall–Kier alpha value is -0.880. The quantitative estimate of drug-likeness (QED) is 0.927. The van der Waals surface area contributed by atoms with E-state index >= 15 is 0 Å². The molecule has 21 heavy (non-hydrogen) atoms. The van der Waals surface area contributed by atoms with E-state index in [1.165, 1.54) is 5.56 Å². The van der Waals surface area contributed by atoms with Crippen LogP contribution in [0.1, 0.15) is 49.8 Å². The van der Waals surface area contributed by atoms with E-state index in [-0.39, 0.29) is 5.25 Å². The van der Waals surface area contributed by atoms with Crippen molar-refractivity contribution < 1.29 is 8.42 Å². The Morgan fingerprint density at radius 1 is 1.29 bits per heavy atom. The molecule has 2 aliphatic rings. The molecule has 118 valence electrons. The van der Waals surface area contributed by atoms with Gasteiger partial charge in [0.25, 0.3) is 0 Å². The average molecular weight is 311 g/mol. The molecule has 1 aromatic heterocycles. The standard InChI is InChI=1S/C15H25N3O2S/c1-12-10-16-17-15(12)9-13-5-4-8-18(11-13)21(19,20)14-6-2-3-7-14/h10,13-14H,2-9,11H2,1H3,(H,16,17)/t13-/m0/s1. The molecule has 1 saturated carbocycles. The molecule has 1 N–H and O–H groups in total. The molecule has 1 aliphatic heterocycles. The molecule has 0 spiro atoms. The Balaban J connectivity index is 1.66. The number of hydrogen-bond acceptors (Lipinski definition) is 3. The van der Waals surface area contributed by atoms with Gasteiger partial charge in [0.1, 0.15) is 0 Å². The Morgan fingerprint density at radius 3 is 2.71 bits per heavy atom. The maximum absolute atomic E-state index is 12.7. The van der Waals surface area contributed by atoms with E-state index in [1.54, 1.807) is 4.31 Å². The van der Waals surface area contributed by atoms with Crippen molar-refractivity contribution in [2.24, 2.45) is 5.92 Å². The molecule has 1 aromatic rings. The van der Waals surface area contributed by atoms with E-state index in [4.69, 9.17) is 0 Å². The Labute approximate surface area is 127 Å². The van der Waals surface area contributed by atoms with Crippen LogP contribution in [0, 0.1) is 12.8 Å². The monoisotopic (exact) mass is 311 g/mol. The van der Waals surface area contributed by atoms with E-state index in [2.05, 4.69) is 17.1 Å². The molecule has 2 fully saturated rings. The summed E-state index contributed by atoms with van der Waals surface area (Å²) in [6.45, 7) is 3.43. The van der Waals surface area contributed by atoms with Crippen molar-refractivity contribution in [1.29, 1.82) is 0 Å². The maximum atomic E-state index is 12.7. The zero-order chi connectivity index (χ0) is 14.9. The molecule has 0 amide bonds. The second kappa shape index (κ2) is 6.08. The van der Waals surface area contributed by atoms with Gasteiger partial charge < -0.3 is 0 Å². The molecule has 0 aromatic carbocycles. The highest BCUT2D eigenvalue weighted by atomic mass is 32.2. The van der Waals surface area contributed by atoms with E-state index < -0.39 is 10.0 Å². The van der Waals surface area contributed by atoms with Crippen LogP contribution in [0.4, 0.5) is 0 Å². The van der Waals surface area contributed by atoms with Crippen LogP contribution in [0.5, 0.6) is 0 Å². The first-order valence-electron chi connectivity index (χ1n) is 8.05. The number of aromatic amines is 1. The molecular formula is C15H25N3O2S. The molecule has 2 heterocycles. The van der Waals surface area contributed by atoms with Crippen molar-refractivity contribution in [3.63, 3.8) is 0 Å². The van der Waals surface area contributed by atoms with Gasteiger partial charge in [-0.1, -0.05) is 12.8 Å². The maximum Gasteiger partial charge on any atom is 0.216 e. The van der Waals surface area contributed by atoms with Crippen LogP contribution >= 0.6 is 0 Å². The van der Waals surface area contributed by atoms with Crippen LogP contribution in [0.3, 0.4) is 0 Å². The molecule has 6 heteroatoms. The minimum Gasteiger partial charge on any atom is -0.282 e. The first kappa shape index (κ1) is 15.0. The van der Waals surface area contributed by atoms with Crippen LogP contribution < -0.4 is 0 Å². The van der Waals surface area contributed by atoms with Gasteiger partial charge in [-0.15, -0.1) is 0 Å². The number of hydrogen-bond donors (Lipinski definition) is 1. The number of rotatable bonds is 4. The number of H-pyrrole nitrogens is 1. The van der Waals surface area contributed by atoms with E-state index in [1.807, 2.05) is 6.20 Å². The number of nitrogens with one attached hydrogen (secondary N) is 1. The number of sulfonamides is 1. The number of piperidine rings is 1. The predicted molar refractivity (Wildman–Crippen MR) is 82.5 cm³/mol. The lowest BCUT2D eigenvalue weighted by molar-refractivity contribution is 0.261. The van der Waals surface area contributed by atoms with Gasteiger partial charge >= 0.3 is 0 Å². The lowest BCUT2D eigenvalue weighted by Crippen LogP contribution is -2.44. The van der Waals surface area contributed by atoms with Crippen LogP contribution in [-0.2, 0) is 16.4 Å². The topological polar surface area (TPSA) is 66.1 Å². The molecule has 0 unspecified atom stereocenters. The summed E-state index contributed by atoms with van der Waals surface area (Å²) in [6.07, 6.45) is 8.65. The zero-order valence-electron chi connectivity index (χ0n) is 12.7. The van der Waals surface area contributed by atoms with Gasteiger partial charge in [0.05, 0.1) is 11.4 Å². The largest absolute Gasteiger partial charge is 0.282 e. The second-order valence-corrected chi connectivity index (χ2v) is 8.77. The highest BCUT2D eigenvalue weighted by Crippen LogP contribution is 2.30. The summed E-state index contributed by atoms with van der Waals surface area (Å²) in [5, 5.41) is 6.98. The summed E-state index contributed by atoms with van der Waals surface area (Å²) in [6, 6.07) is 0. The van der Waals surface area contributed by atoms with Crippen molar-refractivity contribution >= 4 is 10.0 Å². The SMILES string of the molecule is Cc1cn[nH]c1C[C@@H]1CCCN(S(=O)(=O)C2CCCC2)C1. The summed E-state index contributed by atoms with van der Waals surface area (Å²) < 4.78 is 27.2. The lowest BCUT2D eigenvalue weighted by Gasteiger charge is -2.33. The fraction of sp³-hybridized carbons (Fsp3) is 0.800. The molecule has 5 nitrogen and oxygen atoms in total. The molecule has 1 saturated heterocycles. The molecule has 1 atom stereocenters. The van der Waals surface area contributed by atoms with Gasteiger partial charge in [0.15, 0.2) is 0 Å². The summed E-state index contributed by atoms with van der Waals surface area (Å²) >= 11 is 0. The normalized spacial score (nSPS) is 25.5. The third-order valence-corrected chi connectivity index (χ3v) is 7.36. The highest BCUT2D eigenvalue weighted by molar-refractivity contribution is 7.89. The minimum atomic E-state index is -3.08. The molecule has 3 rings (SSSR count). The van der Waals surface area contributed by atoms with Crippen molar-refractivity contribution in [3.05, 3.63) is 17.5 Å². The van der Waals surface area contributed by atoms with Crippen LogP contribution in [-0.4, -0.2) is 41.3 Å². The van der Waals surface area contributed by atoms with Gasteiger partial charge in [-0.05, 0) is 50.5 Å². The van der Waals surface area contributed by atoms with Crippen molar-refractivity contribution in [2.75, 3.05) is 13.1 Å². The van der Waals surface area contributed by atoms with Crippen LogP contribution in [0.2, 0.25) is 0 Å². The van der Waals surface area contributed by atoms with Gasteiger partial charge in [0, 0.05) is 18.8 Å². The Bertz CT molecular complexity index is 575. The van der Waals surface area contributed by atoms with E-state index in [0.717, 1.165) is 50.6 Å². The summed E-state index contributed by atoms with van der Waals surface area (Å²) in [5.41, 5.74) is 2.32. The summed E-state index contributed by atoms with van der Waals surface area (Å²) in [4.78, 5) is 0. The van der Waals surface area contributed by atoms with E-state index in [9.17, 15) is 8.42 Å². The lowest BCUT2D eigenvalue weighted by atomic mass is 9.94. The smallest absolute Gasteiger partial charge is 0.216 e. The van der Waals surface area contributed by atoms with E-state index in [0.29, 0.717) is 19.0 Å². The van der Waals surface area contributed by atoms with Crippen molar-refractivity contribution in [3.8, 4) is 0 Å². The molecule has 0 radical (unpaired) electrons.